The van der Waals surface area contributed by atoms with Crippen LogP contribution in [0.3, 0.4) is 0 Å². The summed E-state index contributed by atoms with van der Waals surface area (Å²) in [6.07, 6.45) is -0.0997. The van der Waals surface area contributed by atoms with Crippen LogP contribution in [0.1, 0.15) is 27.7 Å². The van der Waals surface area contributed by atoms with Gasteiger partial charge in [-0.05, 0) is 27.7 Å². The molecule has 1 N–H and O–H groups in total. The third-order valence-corrected chi connectivity index (χ3v) is 3.90. The molecule has 26 heavy (non-hydrogen) atoms. The number of carboxylic acid groups (broad SMARTS) is 1. The monoisotopic (exact) mass is 372 g/mol. The number of amides is 2. The van der Waals surface area contributed by atoms with Crippen LogP contribution >= 0.6 is 0 Å². The van der Waals surface area contributed by atoms with E-state index in [1.807, 2.05) is 0 Å². The van der Waals surface area contributed by atoms with Crippen LogP contribution in [0.2, 0.25) is 0 Å². The average Bonchev–Trinajstić information content (AvgIpc) is 3.12. The van der Waals surface area contributed by atoms with Gasteiger partial charge in [-0.1, -0.05) is 0 Å². The third kappa shape index (κ3) is 4.06. The molecule has 1 rings (SSSR count). The van der Waals surface area contributed by atoms with Gasteiger partial charge in [0.25, 0.3) is 17.9 Å². The Morgan fingerprint density at radius 3 is 1.62 bits per heavy atom. The molecule has 0 aromatic rings. The Balaban J connectivity index is 3.16. The van der Waals surface area contributed by atoms with Crippen LogP contribution in [0.4, 0.5) is 0 Å². The normalized spacial score (nSPS) is 14.3. The molecule has 0 radical (unpaired) electrons. The largest absolute Gasteiger partial charge is 0.475 e. The van der Waals surface area contributed by atoms with Crippen LogP contribution in [-0.4, -0.2) is 76.7 Å². The second kappa shape index (κ2) is 9.07. The molecule has 0 aromatic carbocycles. The van der Waals surface area contributed by atoms with Crippen molar-refractivity contribution in [1.29, 1.82) is 0 Å². The first kappa shape index (κ1) is 21.3. The SMILES string of the molecule is CCN(CC)C(=O)C(OC(=O)C1(C(=O)O)OC=CO1)C(=O)N(CC)CC. The maximum Gasteiger partial charge on any atom is 0.452 e. The molecule has 0 aliphatic carbocycles. The first-order chi connectivity index (χ1) is 12.3. The molecule has 0 fully saturated rings. The molecule has 10 heteroatoms. The van der Waals surface area contributed by atoms with E-state index in [1.165, 1.54) is 9.80 Å². The molecule has 0 spiro atoms. The number of aliphatic carboxylic acids is 1. The van der Waals surface area contributed by atoms with Crippen molar-refractivity contribution >= 4 is 23.8 Å². The highest BCUT2D eigenvalue weighted by molar-refractivity contribution is 6.07. The molecule has 0 saturated heterocycles. The fraction of sp³-hybridized carbons (Fsp3) is 0.625. The van der Waals surface area contributed by atoms with Crippen molar-refractivity contribution in [3.63, 3.8) is 0 Å². The molecule has 10 nitrogen and oxygen atoms in total. The Morgan fingerprint density at radius 2 is 1.31 bits per heavy atom. The van der Waals surface area contributed by atoms with E-state index in [2.05, 4.69) is 0 Å². The van der Waals surface area contributed by atoms with Crippen LogP contribution in [0.5, 0.6) is 0 Å². The molecular weight excluding hydrogens is 348 g/mol. The second-order valence-electron chi connectivity index (χ2n) is 5.24. The highest BCUT2D eigenvalue weighted by Gasteiger charge is 2.57. The van der Waals surface area contributed by atoms with Gasteiger partial charge in [0.2, 0.25) is 0 Å². The van der Waals surface area contributed by atoms with Crippen LogP contribution in [0.25, 0.3) is 0 Å². The molecule has 1 aliphatic heterocycles. The van der Waals surface area contributed by atoms with Gasteiger partial charge in [0.05, 0.1) is 0 Å². The molecule has 2 amide bonds. The standard InChI is InChI=1S/C16H24N2O8/c1-5-17(6-2)12(19)11(13(20)18(7-3)8-4)26-15(23)16(14(21)22)24-9-10-25-16/h9-11H,5-8H2,1-4H3,(H,21,22). The van der Waals surface area contributed by atoms with Gasteiger partial charge in [0, 0.05) is 26.2 Å². The Bertz CT molecular complexity index is 549. The van der Waals surface area contributed by atoms with Gasteiger partial charge in [0.15, 0.2) is 0 Å². The van der Waals surface area contributed by atoms with Crippen molar-refractivity contribution in [2.75, 3.05) is 26.2 Å². The topological polar surface area (TPSA) is 123 Å². The molecule has 0 unspecified atom stereocenters. The van der Waals surface area contributed by atoms with E-state index in [-0.39, 0.29) is 26.2 Å². The van der Waals surface area contributed by atoms with Crippen LogP contribution in [0, 0.1) is 0 Å². The lowest BCUT2D eigenvalue weighted by atomic mass is 10.2. The summed E-state index contributed by atoms with van der Waals surface area (Å²) in [6, 6.07) is 0. The summed E-state index contributed by atoms with van der Waals surface area (Å²) in [5.41, 5.74) is 0. The number of likely N-dealkylation sites (N-methyl/N-ethyl adjacent to an activating group) is 2. The molecule has 146 valence electrons. The van der Waals surface area contributed by atoms with Gasteiger partial charge in [-0.3, -0.25) is 9.59 Å². The molecule has 0 bridgehead atoms. The second-order valence-corrected chi connectivity index (χ2v) is 5.24. The van der Waals surface area contributed by atoms with Crippen molar-refractivity contribution < 1.29 is 38.5 Å². The Kier molecular flexibility index (Phi) is 7.41. The van der Waals surface area contributed by atoms with Crippen LogP contribution in [-0.2, 0) is 33.4 Å². The van der Waals surface area contributed by atoms with E-state index < -0.39 is 35.6 Å². The third-order valence-electron chi connectivity index (χ3n) is 3.90. The Morgan fingerprint density at radius 1 is 0.923 bits per heavy atom. The van der Waals surface area contributed by atoms with Gasteiger partial charge in [0.1, 0.15) is 12.5 Å². The predicted molar refractivity (Wildman–Crippen MR) is 87.4 cm³/mol. The van der Waals surface area contributed by atoms with Gasteiger partial charge in [-0.25, -0.2) is 9.59 Å². The smallest absolute Gasteiger partial charge is 0.452 e. The Labute approximate surface area is 151 Å². The van der Waals surface area contributed by atoms with Crippen LogP contribution in [0.15, 0.2) is 12.5 Å². The number of hydrogen-bond donors (Lipinski definition) is 1. The zero-order valence-electron chi connectivity index (χ0n) is 15.3. The fourth-order valence-corrected chi connectivity index (χ4v) is 2.35. The maximum absolute atomic E-state index is 12.7. The predicted octanol–water partition coefficient (Wildman–Crippen LogP) is -0.0661. The summed E-state index contributed by atoms with van der Waals surface area (Å²) < 4.78 is 14.4. The molecule has 0 saturated carbocycles. The number of carboxylic acids is 1. The molecule has 0 aromatic heterocycles. The number of carbonyl (C=O) groups excluding carboxylic acids is 3. The van der Waals surface area contributed by atoms with E-state index in [0.29, 0.717) is 0 Å². The number of carbonyl (C=O) groups is 4. The highest BCUT2D eigenvalue weighted by atomic mass is 16.8. The van der Waals surface area contributed by atoms with Crippen molar-refractivity contribution in [1.82, 2.24) is 9.80 Å². The summed E-state index contributed by atoms with van der Waals surface area (Å²) in [6.45, 7) is 7.95. The van der Waals surface area contributed by atoms with Gasteiger partial charge in [-0.15, -0.1) is 0 Å². The number of ether oxygens (including phenoxy) is 3. The molecule has 0 atom stereocenters. The minimum Gasteiger partial charge on any atom is -0.475 e. The minimum atomic E-state index is -2.77. The zero-order chi connectivity index (χ0) is 19.9. The van der Waals surface area contributed by atoms with Crippen molar-refractivity contribution in [3.8, 4) is 0 Å². The summed E-state index contributed by atoms with van der Waals surface area (Å²) >= 11 is 0. The highest BCUT2D eigenvalue weighted by Crippen LogP contribution is 2.24. The summed E-state index contributed by atoms with van der Waals surface area (Å²) in [7, 11) is 0. The lowest BCUT2D eigenvalue weighted by Crippen LogP contribution is -2.55. The van der Waals surface area contributed by atoms with Gasteiger partial charge >= 0.3 is 17.7 Å². The number of nitrogens with zero attached hydrogens (tertiary/aromatic N) is 2. The number of rotatable bonds is 9. The zero-order valence-corrected chi connectivity index (χ0v) is 15.3. The lowest BCUT2D eigenvalue weighted by molar-refractivity contribution is -0.218. The fourth-order valence-electron chi connectivity index (χ4n) is 2.35. The van der Waals surface area contributed by atoms with E-state index in [4.69, 9.17) is 14.2 Å². The molecule has 1 aliphatic rings. The van der Waals surface area contributed by atoms with Crippen molar-refractivity contribution in [2.24, 2.45) is 0 Å². The van der Waals surface area contributed by atoms with E-state index in [0.717, 1.165) is 12.5 Å². The molecule has 1 heterocycles. The van der Waals surface area contributed by atoms with Gasteiger partial charge in [-0.2, -0.15) is 0 Å². The first-order valence-corrected chi connectivity index (χ1v) is 8.31. The van der Waals surface area contributed by atoms with Crippen molar-refractivity contribution in [3.05, 3.63) is 12.5 Å². The van der Waals surface area contributed by atoms with E-state index in [1.54, 1.807) is 27.7 Å². The van der Waals surface area contributed by atoms with Crippen molar-refractivity contribution in [2.45, 2.75) is 39.6 Å². The number of hydrogen-bond acceptors (Lipinski definition) is 7. The minimum absolute atomic E-state index is 0.285. The van der Waals surface area contributed by atoms with Crippen LogP contribution < -0.4 is 0 Å². The quantitative estimate of drug-likeness (QED) is 0.441. The van der Waals surface area contributed by atoms with Gasteiger partial charge < -0.3 is 29.1 Å². The summed E-state index contributed by atoms with van der Waals surface area (Å²) in [5.74, 6) is -7.53. The summed E-state index contributed by atoms with van der Waals surface area (Å²) in [5, 5.41) is 9.25. The molecular formula is C16H24N2O8. The van der Waals surface area contributed by atoms with E-state index >= 15 is 0 Å². The average molecular weight is 372 g/mol. The summed E-state index contributed by atoms with van der Waals surface area (Å²) in [4.78, 5) is 51.7. The lowest BCUT2D eigenvalue weighted by Gasteiger charge is -2.30. The number of esters is 1. The Hall–Kier alpha value is -2.78. The van der Waals surface area contributed by atoms with E-state index in [9.17, 15) is 24.3 Å². The maximum atomic E-state index is 12.7. The first-order valence-electron chi connectivity index (χ1n) is 8.31.